The van der Waals surface area contributed by atoms with E-state index in [0.29, 0.717) is 11.3 Å². The predicted octanol–water partition coefficient (Wildman–Crippen LogP) is 4.15. The highest BCUT2D eigenvalue weighted by atomic mass is 19.1. The fourth-order valence-corrected chi connectivity index (χ4v) is 2.49. The fourth-order valence-electron chi connectivity index (χ4n) is 2.49. The molecule has 2 N–H and O–H groups in total. The van der Waals surface area contributed by atoms with Crippen LogP contribution in [-0.2, 0) is 6.54 Å². The number of rotatable bonds is 5. The Labute approximate surface area is 154 Å². The quantitative estimate of drug-likeness (QED) is 0.713. The van der Waals surface area contributed by atoms with Crippen LogP contribution in [0.3, 0.4) is 0 Å². The number of carbonyl (C=O) groups excluding carboxylic acids is 2. The highest BCUT2D eigenvalue weighted by Crippen LogP contribution is 2.13. The maximum absolute atomic E-state index is 13.6. The molecule has 136 valence electrons. The molecule has 0 aliphatic heterocycles. The van der Waals surface area contributed by atoms with Gasteiger partial charge in [0.25, 0.3) is 11.8 Å². The van der Waals surface area contributed by atoms with Crippen LogP contribution < -0.4 is 10.6 Å². The van der Waals surface area contributed by atoms with Gasteiger partial charge in [0, 0.05) is 28.9 Å². The van der Waals surface area contributed by atoms with Crippen molar-refractivity contribution >= 4 is 17.5 Å². The summed E-state index contributed by atoms with van der Waals surface area (Å²) in [7, 11) is 0. The van der Waals surface area contributed by atoms with E-state index in [1.807, 2.05) is 0 Å². The molecular weight excluding hydrogens is 350 g/mol. The van der Waals surface area contributed by atoms with Gasteiger partial charge in [-0.3, -0.25) is 9.59 Å². The molecule has 0 heterocycles. The van der Waals surface area contributed by atoms with Crippen LogP contribution in [-0.4, -0.2) is 11.8 Å². The minimum absolute atomic E-state index is 0.0330. The lowest BCUT2D eigenvalue weighted by Crippen LogP contribution is -2.24. The first-order chi connectivity index (χ1) is 13.0. The summed E-state index contributed by atoms with van der Waals surface area (Å²) in [6, 6.07) is 17.8. The summed E-state index contributed by atoms with van der Waals surface area (Å²) in [5.41, 5.74) is 1.19. The fraction of sp³-hybridized carbons (Fsp3) is 0.0476. The first-order valence-electron chi connectivity index (χ1n) is 8.21. The van der Waals surface area contributed by atoms with Crippen molar-refractivity contribution in [2.24, 2.45) is 0 Å². The Morgan fingerprint density at radius 3 is 2.22 bits per heavy atom. The van der Waals surface area contributed by atoms with Crippen molar-refractivity contribution < 1.29 is 18.4 Å². The van der Waals surface area contributed by atoms with Crippen LogP contribution in [0.5, 0.6) is 0 Å². The van der Waals surface area contributed by atoms with E-state index in [9.17, 15) is 18.4 Å². The summed E-state index contributed by atoms with van der Waals surface area (Å²) in [6.07, 6.45) is 0. The van der Waals surface area contributed by atoms with E-state index < -0.39 is 23.4 Å². The second-order valence-corrected chi connectivity index (χ2v) is 5.82. The SMILES string of the molecule is O=C(NCc1ccccc1F)c1cccc(C(=O)Nc2cccc(F)c2)c1. The maximum Gasteiger partial charge on any atom is 0.255 e. The van der Waals surface area contributed by atoms with Crippen molar-refractivity contribution in [1.82, 2.24) is 5.32 Å². The van der Waals surface area contributed by atoms with Gasteiger partial charge in [-0.15, -0.1) is 0 Å². The van der Waals surface area contributed by atoms with Crippen LogP contribution in [0.2, 0.25) is 0 Å². The smallest absolute Gasteiger partial charge is 0.255 e. The summed E-state index contributed by atoms with van der Waals surface area (Å²) in [5.74, 6) is -1.77. The third-order valence-electron chi connectivity index (χ3n) is 3.87. The molecule has 0 saturated carbocycles. The molecule has 0 aromatic heterocycles. The Morgan fingerprint density at radius 1 is 0.778 bits per heavy atom. The van der Waals surface area contributed by atoms with Crippen molar-refractivity contribution in [2.45, 2.75) is 6.54 Å². The monoisotopic (exact) mass is 366 g/mol. The Morgan fingerprint density at radius 2 is 1.48 bits per heavy atom. The number of anilines is 1. The number of hydrogen-bond acceptors (Lipinski definition) is 2. The van der Waals surface area contributed by atoms with E-state index in [1.165, 1.54) is 30.3 Å². The molecule has 3 aromatic rings. The van der Waals surface area contributed by atoms with E-state index in [-0.39, 0.29) is 17.7 Å². The zero-order chi connectivity index (χ0) is 19.2. The molecule has 4 nitrogen and oxygen atoms in total. The number of benzene rings is 3. The average molecular weight is 366 g/mol. The normalized spacial score (nSPS) is 10.3. The Kier molecular flexibility index (Phi) is 5.56. The second kappa shape index (κ2) is 8.23. The number of hydrogen-bond donors (Lipinski definition) is 2. The number of amides is 2. The lowest BCUT2D eigenvalue weighted by atomic mass is 10.1. The Balaban J connectivity index is 1.68. The van der Waals surface area contributed by atoms with Gasteiger partial charge in [-0.1, -0.05) is 30.3 Å². The van der Waals surface area contributed by atoms with E-state index in [4.69, 9.17) is 0 Å². The Hall–Kier alpha value is -3.54. The van der Waals surface area contributed by atoms with Crippen LogP contribution in [0.1, 0.15) is 26.3 Å². The molecule has 0 fully saturated rings. The number of carbonyl (C=O) groups is 2. The van der Waals surface area contributed by atoms with E-state index in [1.54, 1.807) is 42.5 Å². The largest absolute Gasteiger partial charge is 0.348 e. The number of halogens is 2. The zero-order valence-electron chi connectivity index (χ0n) is 14.2. The van der Waals surface area contributed by atoms with Gasteiger partial charge in [0.1, 0.15) is 11.6 Å². The molecule has 0 atom stereocenters. The summed E-state index contributed by atoms with van der Waals surface area (Å²) >= 11 is 0. The molecule has 6 heteroatoms. The highest BCUT2D eigenvalue weighted by Gasteiger charge is 2.12. The van der Waals surface area contributed by atoms with Gasteiger partial charge in [-0.2, -0.15) is 0 Å². The van der Waals surface area contributed by atoms with Gasteiger partial charge in [0.2, 0.25) is 0 Å². The summed E-state index contributed by atoms with van der Waals surface area (Å²) in [4.78, 5) is 24.6. The third-order valence-corrected chi connectivity index (χ3v) is 3.87. The van der Waals surface area contributed by atoms with Gasteiger partial charge >= 0.3 is 0 Å². The first kappa shape index (κ1) is 18.3. The van der Waals surface area contributed by atoms with Crippen LogP contribution in [0, 0.1) is 11.6 Å². The molecule has 27 heavy (non-hydrogen) atoms. The van der Waals surface area contributed by atoms with Gasteiger partial charge in [-0.25, -0.2) is 8.78 Å². The Bertz CT molecular complexity index is 989. The maximum atomic E-state index is 13.6. The predicted molar refractivity (Wildman–Crippen MR) is 98.4 cm³/mol. The molecule has 0 aliphatic rings. The minimum Gasteiger partial charge on any atom is -0.348 e. The van der Waals surface area contributed by atoms with Gasteiger partial charge < -0.3 is 10.6 Å². The van der Waals surface area contributed by atoms with Crippen molar-refractivity contribution in [3.05, 3.63) is 101 Å². The standard InChI is InChI=1S/C21H16F2N2O2/c22-17-8-4-9-18(12-17)25-21(27)15-7-3-6-14(11-15)20(26)24-13-16-5-1-2-10-19(16)23/h1-12H,13H2,(H,24,26)(H,25,27). The summed E-state index contributed by atoms with van der Waals surface area (Å²) in [5, 5.41) is 5.19. The zero-order valence-corrected chi connectivity index (χ0v) is 14.2. The first-order valence-corrected chi connectivity index (χ1v) is 8.21. The topological polar surface area (TPSA) is 58.2 Å². The molecule has 0 saturated heterocycles. The van der Waals surface area contributed by atoms with Crippen molar-refractivity contribution in [2.75, 3.05) is 5.32 Å². The van der Waals surface area contributed by atoms with Gasteiger partial charge in [-0.05, 0) is 42.5 Å². The molecular formula is C21H16F2N2O2. The molecule has 0 spiro atoms. The van der Waals surface area contributed by atoms with Crippen LogP contribution in [0.25, 0.3) is 0 Å². The van der Waals surface area contributed by atoms with E-state index in [2.05, 4.69) is 10.6 Å². The second-order valence-electron chi connectivity index (χ2n) is 5.82. The van der Waals surface area contributed by atoms with Crippen LogP contribution >= 0.6 is 0 Å². The molecule has 2 amide bonds. The lowest BCUT2D eigenvalue weighted by Gasteiger charge is -2.09. The van der Waals surface area contributed by atoms with Crippen molar-refractivity contribution in [3.8, 4) is 0 Å². The van der Waals surface area contributed by atoms with Gasteiger partial charge in [0.05, 0.1) is 0 Å². The van der Waals surface area contributed by atoms with Crippen molar-refractivity contribution in [1.29, 1.82) is 0 Å². The molecule has 0 radical (unpaired) electrons. The van der Waals surface area contributed by atoms with Gasteiger partial charge in [0.15, 0.2) is 0 Å². The highest BCUT2D eigenvalue weighted by molar-refractivity contribution is 6.06. The van der Waals surface area contributed by atoms with Crippen LogP contribution in [0.15, 0.2) is 72.8 Å². The molecule has 0 unspecified atom stereocenters. The molecule has 3 aromatic carbocycles. The summed E-state index contributed by atoms with van der Waals surface area (Å²) < 4.78 is 26.8. The molecule has 0 aliphatic carbocycles. The van der Waals surface area contributed by atoms with Crippen molar-refractivity contribution in [3.63, 3.8) is 0 Å². The lowest BCUT2D eigenvalue weighted by molar-refractivity contribution is 0.0950. The molecule has 0 bridgehead atoms. The number of nitrogens with one attached hydrogen (secondary N) is 2. The third kappa shape index (κ3) is 4.76. The molecule has 3 rings (SSSR count). The summed E-state index contributed by atoms with van der Waals surface area (Å²) in [6.45, 7) is 0.0330. The van der Waals surface area contributed by atoms with Crippen LogP contribution in [0.4, 0.5) is 14.5 Å². The minimum atomic E-state index is -0.468. The van der Waals surface area contributed by atoms with E-state index >= 15 is 0 Å². The van der Waals surface area contributed by atoms with E-state index in [0.717, 1.165) is 0 Å². The average Bonchev–Trinajstić information content (AvgIpc) is 2.67.